The average Bonchev–Trinajstić information content (AvgIpc) is 3.33. The van der Waals surface area contributed by atoms with Crippen LogP contribution in [-0.2, 0) is 9.59 Å². The second kappa shape index (κ2) is 13.2. The number of carbonyl (C=O) groups excluding carboxylic acids is 2. The molecule has 3 N–H and O–H groups in total. The van der Waals surface area contributed by atoms with Gasteiger partial charge in [-0.3, -0.25) is 14.5 Å². The lowest BCUT2D eigenvalue weighted by Gasteiger charge is -2.60. The van der Waals surface area contributed by atoms with Crippen LogP contribution in [0, 0.1) is 34.0 Å². The third kappa shape index (κ3) is 5.54. The number of carbonyl (C=O) groups is 2. The van der Waals surface area contributed by atoms with Gasteiger partial charge in [0.05, 0.1) is 18.0 Å². The molecule has 3 saturated carbocycles. The number of hydrogen-bond donors (Lipinski definition) is 3. The van der Waals surface area contributed by atoms with Gasteiger partial charge in [-0.05, 0) is 95.5 Å². The highest BCUT2D eigenvalue weighted by atomic mass is 16.3. The first-order chi connectivity index (χ1) is 22.8. The molecule has 0 spiro atoms. The smallest absolute Gasteiger partial charge is 0.178 e. The maximum atomic E-state index is 14.2. The highest BCUT2D eigenvalue weighted by Gasteiger charge is 2.68. The second-order valence-electron chi connectivity index (χ2n) is 15.7. The van der Waals surface area contributed by atoms with Crippen molar-refractivity contribution < 1.29 is 19.8 Å². The molecule has 10 nitrogen and oxygen atoms in total. The Kier molecular flexibility index (Phi) is 9.68. The zero-order chi connectivity index (χ0) is 34.6. The van der Waals surface area contributed by atoms with Gasteiger partial charge in [0.15, 0.2) is 11.6 Å². The van der Waals surface area contributed by atoms with E-state index in [4.69, 9.17) is 5.41 Å². The largest absolute Gasteiger partial charge is 0.393 e. The van der Waals surface area contributed by atoms with Crippen LogP contribution in [0.5, 0.6) is 0 Å². The molecule has 7 atom stereocenters. The van der Waals surface area contributed by atoms with Crippen LogP contribution < -0.4 is 20.2 Å². The highest BCUT2D eigenvalue weighted by Crippen LogP contribution is 2.67. The Hall–Kier alpha value is -2.69. The van der Waals surface area contributed by atoms with Gasteiger partial charge in [-0.1, -0.05) is 19.4 Å². The number of aliphatic hydroxyl groups excluding tert-OH is 1. The zero-order valence-corrected chi connectivity index (χ0v) is 30.3. The predicted octanol–water partition coefficient (Wildman–Crippen LogP) is 3.72. The van der Waals surface area contributed by atoms with Crippen molar-refractivity contribution in [2.45, 2.75) is 98.2 Å². The summed E-state index contributed by atoms with van der Waals surface area (Å²) in [5.74, 6) is 2.63. The van der Waals surface area contributed by atoms with Crippen LogP contribution in [0.15, 0.2) is 23.8 Å². The number of Topliss-reactive ketones (excluding diaryl/α,β-unsaturated/α-hetero) is 1. The van der Waals surface area contributed by atoms with Crippen molar-refractivity contribution in [3.8, 4) is 0 Å². The van der Waals surface area contributed by atoms with E-state index in [9.17, 15) is 19.8 Å². The van der Waals surface area contributed by atoms with E-state index in [0.29, 0.717) is 37.7 Å². The Labute approximate surface area is 287 Å². The summed E-state index contributed by atoms with van der Waals surface area (Å²) in [6, 6.07) is 3.92. The summed E-state index contributed by atoms with van der Waals surface area (Å²) < 4.78 is 2.29. The minimum Gasteiger partial charge on any atom is -0.393 e. The molecule has 4 fully saturated rings. The van der Waals surface area contributed by atoms with Crippen LogP contribution in [0.3, 0.4) is 0 Å². The van der Waals surface area contributed by atoms with Crippen LogP contribution in [0.25, 0.3) is 0 Å². The zero-order valence-electron chi connectivity index (χ0n) is 30.3. The number of aromatic nitrogens is 1. The third-order valence-electron chi connectivity index (χ3n) is 13.7. The van der Waals surface area contributed by atoms with E-state index < -0.39 is 17.1 Å². The maximum absolute atomic E-state index is 14.2. The van der Waals surface area contributed by atoms with E-state index in [1.807, 2.05) is 18.2 Å². The molecular formula is C38H60N6O4. The average molecular weight is 665 g/mol. The van der Waals surface area contributed by atoms with Crippen molar-refractivity contribution >= 4 is 23.2 Å². The number of allylic oxidation sites excluding steroid dienone is 1. The molecule has 0 radical (unpaired) electrons. The van der Waals surface area contributed by atoms with Gasteiger partial charge in [0, 0.05) is 76.3 Å². The van der Waals surface area contributed by atoms with Gasteiger partial charge in [-0.2, -0.15) is 0 Å². The molecule has 2 heterocycles. The van der Waals surface area contributed by atoms with E-state index >= 15 is 0 Å². The van der Waals surface area contributed by atoms with E-state index in [0.717, 1.165) is 76.6 Å². The van der Waals surface area contributed by atoms with Gasteiger partial charge in [-0.15, -0.1) is 0 Å². The molecule has 266 valence electrons. The van der Waals surface area contributed by atoms with Crippen molar-refractivity contribution in [2.24, 2.45) is 28.6 Å². The molecule has 10 heteroatoms. The number of nitrogens with zero attached hydrogens (tertiary/aromatic N) is 5. The summed E-state index contributed by atoms with van der Waals surface area (Å²) in [6.45, 7) is 19.4. The van der Waals surface area contributed by atoms with Crippen molar-refractivity contribution in [3.63, 3.8) is 0 Å². The monoisotopic (exact) mass is 664 g/mol. The molecular weight excluding hydrogens is 604 g/mol. The van der Waals surface area contributed by atoms with Gasteiger partial charge in [0.2, 0.25) is 0 Å². The lowest BCUT2D eigenvalue weighted by atomic mass is 9.45. The number of hydrogen-bond acceptors (Lipinski definition) is 9. The fraction of sp³-hybridized carbons (Fsp3) is 0.763. The number of nitrogens with one attached hydrogen (secondary N) is 1. The lowest BCUT2D eigenvalue weighted by molar-refractivity contribution is -0.181. The SMILES string of the molecule is CCN(CC)c1cc(=N)cc(N(CC)CC)n1N1CCN(CC(=O)[C@@]2(O)CC[C@H]3[C@@H]4CCC5=CC(=O)CC[C@]5(C)[C@H]4C(O)C[C@@]32C)CC1. The molecule has 1 saturated heterocycles. The first-order valence-corrected chi connectivity index (χ1v) is 18.8. The van der Waals surface area contributed by atoms with E-state index in [-0.39, 0.29) is 41.3 Å². The maximum Gasteiger partial charge on any atom is 0.178 e. The second-order valence-corrected chi connectivity index (χ2v) is 15.7. The van der Waals surface area contributed by atoms with Crippen LogP contribution in [-0.4, -0.2) is 102 Å². The molecule has 4 aliphatic carbocycles. The molecule has 1 aliphatic heterocycles. The molecule has 48 heavy (non-hydrogen) atoms. The van der Waals surface area contributed by atoms with Gasteiger partial charge < -0.3 is 30.4 Å². The fourth-order valence-corrected chi connectivity index (χ4v) is 11.0. The van der Waals surface area contributed by atoms with Gasteiger partial charge in [0.1, 0.15) is 17.2 Å². The lowest BCUT2D eigenvalue weighted by Crippen LogP contribution is -2.63. The molecule has 0 aromatic carbocycles. The summed E-state index contributed by atoms with van der Waals surface area (Å²) in [7, 11) is 0. The van der Waals surface area contributed by atoms with Crippen molar-refractivity contribution in [1.29, 1.82) is 5.41 Å². The van der Waals surface area contributed by atoms with Crippen molar-refractivity contribution in [2.75, 3.05) is 73.7 Å². The molecule has 5 aliphatic rings. The Morgan fingerprint density at radius 3 is 2.12 bits per heavy atom. The number of anilines is 2. The minimum absolute atomic E-state index is 0.0679. The van der Waals surface area contributed by atoms with Gasteiger partial charge in [-0.25, -0.2) is 4.68 Å². The normalized spacial score (nSPS) is 35.0. The number of rotatable bonds is 10. The van der Waals surface area contributed by atoms with Crippen LogP contribution in [0.1, 0.15) is 86.5 Å². The number of ketones is 2. The number of pyridine rings is 1. The Balaban J connectivity index is 1.18. The standard InChI is InChI=1S/C38H60N6O4/c1-7-41(8-2)33-22-27(39)23-34(42(9-3)10-4)44(33)43-19-17-40(18-20-43)25-32(47)38(48)16-14-30-29-12-11-26-21-28(45)13-15-36(26,5)35(29)31(46)24-37(30,38)6/h21-23,29-31,35,39,46,48H,7-20,24-25H2,1-6H3/t29-,30-,31?,35+,36-,37-,38-/m0/s1. The molecule has 6 rings (SSSR count). The third-order valence-corrected chi connectivity index (χ3v) is 13.7. The van der Waals surface area contributed by atoms with Crippen LogP contribution >= 0.6 is 0 Å². The van der Waals surface area contributed by atoms with E-state index in [1.165, 1.54) is 5.57 Å². The summed E-state index contributed by atoms with van der Waals surface area (Å²) >= 11 is 0. The number of piperazine rings is 1. The van der Waals surface area contributed by atoms with E-state index in [1.54, 1.807) is 0 Å². The number of aliphatic hydroxyl groups is 2. The number of fused-ring (bicyclic) bond motifs is 5. The van der Waals surface area contributed by atoms with Crippen molar-refractivity contribution in [3.05, 3.63) is 29.1 Å². The summed E-state index contributed by atoms with van der Waals surface area (Å²) in [6.07, 6.45) is 6.04. The molecule has 1 unspecified atom stereocenters. The summed E-state index contributed by atoms with van der Waals surface area (Å²) in [4.78, 5) is 33.3. The van der Waals surface area contributed by atoms with Gasteiger partial charge in [0.25, 0.3) is 0 Å². The Bertz CT molecular complexity index is 1440. The van der Waals surface area contributed by atoms with Crippen LogP contribution in [0.4, 0.5) is 11.6 Å². The molecule has 1 aromatic rings. The quantitative estimate of drug-likeness (QED) is 0.347. The molecule has 0 amide bonds. The minimum atomic E-state index is -1.45. The summed E-state index contributed by atoms with van der Waals surface area (Å²) in [5, 5.41) is 35.6. The predicted molar refractivity (Wildman–Crippen MR) is 190 cm³/mol. The first-order valence-electron chi connectivity index (χ1n) is 18.8. The van der Waals surface area contributed by atoms with Crippen molar-refractivity contribution in [1.82, 2.24) is 9.58 Å². The molecule has 0 bridgehead atoms. The van der Waals surface area contributed by atoms with Gasteiger partial charge >= 0.3 is 0 Å². The Morgan fingerprint density at radius 1 is 0.938 bits per heavy atom. The van der Waals surface area contributed by atoms with Crippen LogP contribution in [0.2, 0.25) is 0 Å². The Morgan fingerprint density at radius 2 is 1.54 bits per heavy atom. The summed E-state index contributed by atoms with van der Waals surface area (Å²) in [5.41, 5.74) is -1.10. The highest BCUT2D eigenvalue weighted by molar-refractivity contribution is 5.92. The topological polar surface area (TPSA) is 116 Å². The first kappa shape index (κ1) is 35.1. The molecule has 1 aromatic heterocycles. The fourth-order valence-electron chi connectivity index (χ4n) is 11.0. The van der Waals surface area contributed by atoms with E-state index in [2.05, 4.69) is 65.9 Å².